The minimum atomic E-state index is -1.26. The van der Waals surface area contributed by atoms with Gasteiger partial charge in [-0.05, 0) is 44.0 Å². The van der Waals surface area contributed by atoms with Crippen molar-refractivity contribution < 1.29 is 24.2 Å². The van der Waals surface area contributed by atoms with E-state index < -0.39 is 11.9 Å². The number of carboxylic acid groups (broad SMARTS) is 2. The largest absolute Gasteiger partial charge is 0.478 e. The van der Waals surface area contributed by atoms with Crippen LogP contribution in [-0.4, -0.2) is 61.2 Å². The van der Waals surface area contributed by atoms with Gasteiger partial charge in [-0.1, -0.05) is 12.1 Å². The predicted molar refractivity (Wildman–Crippen MR) is 123 cm³/mol. The fourth-order valence-electron chi connectivity index (χ4n) is 3.94. The number of likely N-dealkylation sites (tertiary alicyclic amines) is 1. The van der Waals surface area contributed by atoms with Gasteiger partial charge in [0.1, 0.15) is 11.6 Å². The highest BCUT2D eigenvalue weighted by Gasteiger charge is 2.22. The molecule has 3 heterocycles. The minimum absolute atomic E-state index is 0.538. The maximum absolute atomic E-state index is 9.55. The summed E-state index contributed by atoms with van der Waals surface area (Å²) in [5, 5.41) is 24.5. The number of nitriles is 1. The summed E-state index contributed by atoms with van der Waals surface area (Å²) in [7, 11) is 0. The van der Waals surface area contributed by atoms with E-state index in [1.54, 1.807) is 6.20 Å². The molecule has 1 aliphatic rings. The molecule has 4 rings (SSSR count). The number of para-hydroxylation sites is 2. The summed E-state index contributed by atoms with van der Waals surface area (Å²) >= 11 is 0. The normalized spacial score (nSPS) is 14.6. The van der Waals surface area contributed by atoms with E-state index in [2.05, 4.69) is 38.7 Å². The Balaban J connectivity index is 0.000000350. The third-order valence-electron chi connectivity index (χ3n) is 5.56. The molecule has 10 heteroatoms. The monoisotopic (exact) mass is 465 g/mol. The smallest absolute Gasteiger partial charge is 0.328 e. The predicted octanol–water partition coefficient (Wildman–Crippen LogP) is 2.87. The maximum Gasteiger partial charge on any atom is 0.328 e. The number of nitrogens with zero attached hydrogens (tertiary/aromatic N) is 5. The molecule has 0 bridgehead atoms. The van der Waals surface area contributed by atoms with E-state index in [9.17, 15) is 9.59 Å². The highest BCUT2D eigenvalue weighted by atomic mass is 16.4. The second kappa shape index (κ2) is 11.8. The number of benzene rings is 1. The van der Waals surface area contributed by atoms with Crippen LogP contribution in [0.15, 0.2) is 47.0 Å². The first-order chi connectivity index (χ1) is 16.4. The summed E-state index contributed by atoms with van der Waals surface area (Å²) in [5.74, 6) is 0.752. The Kier molecular flexibility index (Phi) is 8.54. The Morgan fingerprint density at radius 3 is 2.47 bits per heavy atom. The van der Waals surface area contributed by atoms with Crippen LogP contribution in [0, 0.1) is 24.2 Å². The van der Waals surface area contributed by atoms with E-state index in [1.165, 1.54) is 0 Å². The number of fused-ring (bicyclic) bond motifs is 1. The molecule has 1 aliphatic heterocycles. The SMILES string of the molecule is Cc1ncc(Cn2c(CC3CCN(CC#N)CC3)nc3ccccc32)o1.O=C(O)/C=C/C(=O)O. The third-order valence-corrected chi connectivity index (χ3v) is 5.56. The molecule has 2 aromatic heterocycles. The number of rotatable bonds is 7. The van der Waals surface area contributed by atoms with Gasteiger partial charge < -0.3 is 19.2 Å². The number of piperidine rings is 1. The van der Waals surface area contributed by atoms with Crippen molar-refractivity contribution >= 4 is 23.0 Å². The molecule has 0 saturated carbocycles. The number of imidazole rings is 1. The lowest BCUT2D eigenvalue weighted by atomic mass is 9.93. The summed E-state index contributed by atoms with van der Waals surface area (Å²) in [6, 6.07) is 10.5. The van der Waals surface area contributed by atoms with Gasteiger partial charge in [-0.25, -0.2) is 19.6 Å². The van der Waals surface area contributed by atoms with Crippen LogP contribution in [0.2, 0.25) is 0 Å². The zero-order valence-corrected chi connectivity index (χ0v) is 18.9. The Morgan fingerprint density at radius 1 is 1.21 bits per heavy atom. The molecule has 34 heavy (non-hydrogen) atoms. The van der Waals surface area contributed by atoms with Crippen molar-refractivity contribution in [2.45, 2.75) is 32.7 Å². The first kappa shape index (κ1) is 24.7. The number of carboxylic acids is 2. The fraction of sp³-hybridized carbons (Fsp3) is 0.375. The Labute approximate surface area is 196 Å². The van der Waals surface area contributed by atoms with Crippen molar-refractivity contribution in [1.82, 2.24) is 19.4 Å². The molecule has 10 nitrogen and oxygen atoms in total. The van der Waals surface area contributed by atoms with Crippen LogP contribution in [0.4, 0.5) is 0 Å². The number of aromatic nitrogens is 3. The summed E-state index contributed by atoms with van der Waals surface area (Å²) in [6.45, 7) is 5.06. The van der Waals surface area contributed by atoms with Crippen molar-refractivity contribution in [2.75, 3.05) is 19.6 Å². The fourth-order valence-corrected chi connectivity index (χ4v) is 3.94. The van der Waals surface area contributed by atoms with Crippen LogP contribution < -0.4 is 0 Å². The number of oxazole rings is 1. The number of aliphatic carboxylic acids is 2. The Morgan fingerprint density at radius 2 is 1.88 bits per heavy atom. The Bertz CT molecular complexity index is 1180. The standard InChI is InChI=1S/C20H23N5O.C4H4O4/c1-15-22-13-17(26-15)14-25-19-5-3-2-4-18(19)23-20(25)12-16-6-9-24(10-7-16)11-8-21;5-3(6)1-2-4(7)8/h2-5,13,16H,6-7,9-12,14H2,1H3;1-2H,(H,5,6)(H,7,8)/b;2-1+. The first-order valence-electron chi connectivity index (χ1n) is 10.9. The van der Waals surface area contributed by atoms with Crippen molar-refractivity contribution in [3.63, 3.8) is 0 Å². The molecule has 178 valence electrons. The zero-order valence-electron chi connectivity index (χ0n) is 18.9. The van der Waals surface area contributed by atoms with Crippen LogP contribution in [0.25, 0.3) is 11.0 Å². The highest BCUT2D eigenvalue weighted by Crippen LogP contribution is 2.25. The molecule has 0 unspecified atom stereocenters. The average Bonchev–Trinajstić information content (AvgIpc) is 3.37. The molecule has 0 atom stereocenters. The molecule has 1 aromatic carbocycles. The van der Waals surface area contributed by atoms with E-state index in [4.69, 9.17) is 24.9 Å². The number of carbonyl (C=O) groups is 2. The van der Waals surface area contributed by atoms with Gasteiger partial charge >= 0.3 is 11.9 Å². The number of hydrogen-bond donors (Lipinski definition) is 2. The van der Waals surface area contributed by atoms with Crippen LogP contribution in [0.3, 0.4) is 0 Å². The second-order valence-corrected chi connectivity index (χ2v) is 8.04. The number of hydrogen-bond acceptors (Lipinski definition) is 7. The average molecular weight is 466 g/mol. The van der Waals surface area contributed by atoms with Gasteiger partial charge in [-0.15, -0.1) is 0 Å². The molecular formula is C24H27N5O5. The van der Waals surface area contributed by atoms with Gasteiger partial charge in [0, 0.05) is 25.5 Å². The minimum Gasteiger partial charge on any atom is -0.478 e. The van der Waals surface area contributed by atoms with E-state index in [0.29, 0.717) is 37.1 Å². The van der Waals surface area contributed by atoms with Crippen LogP contribution in [0.5, 0.6) is 0 Å². The van der Waals surface area contributed by atoms with Crippen LogP contribution in [-0.2, 0) is 22.6 Å². The quantitative estimate of drug-likeness (QED) is 0.397. The Hall–Kier alpha value is -3.97. The van der Waals surface area contributed by atoms with Gasteiger partial charge in [0.2, 0.25) is 0 Å². The van der Waals surface area contributed by atoms with Gasteiger partial charge in [-0.3, -0.25) is 4.90 Å². The molecule has 1 saturated heterocycles. The number of aryl methyl sites for hydroxylation is 1. The van der Waals surface area contributed by atoms with Crippen molar-refractivity contribution in [2.24, 2.45) is 5.92 Å². The van der Waals surface area contributed by atoms with Crippen molar-refractivity contribution in [1.29, 1.82) is 5.26 Å². The summed E-state index contributed by atoms with van der Waals surface area (Å²) in [4.78, 5) is 30.5. The lowest BCUT2D eigenvalue weighted by Gasteiger charge is -2.30. The highest BCUT2D eigenvalue weighted by molar-refractivity contribution is 5.89. The lowest BCUT2D eigenvalue weighted by Crippen LogP contribution is -2.34. The molecule has 0 radical (unpaired) electrons. The molecule has 0 amide bonds. The molecule has 2 N–H and O–H groups in total. The zero-order chi connectivity index (χ0) is 24.5. The first-order valence-corrected chi connectivity index (χ1v) is 10.9. The van der Waals surface area contributed by atoms with Crippen molar-refractivity contribution in [3.05, 3.63) is 60.1 Å². The lowest BCUT2D eigenvalue weighted by molar-refractivity contribution is -0.134. The molecular weight excluding hydrogens is 438 g/mol. The molecule has 0 spiro atoms. The molecule has 1 fully saturated rings. The van der Waals surface area contributed by atoms with Crippen LogP contribution >= 0.6 is 0 Å². The van der Waals surface area contributed by atoms with E-state index in [0.717, 1.165) is 55.0 Å². The molecule has 0 aliphatic carbocycles. The topological polar surface area (TPSA) is 145 Å². The van der Waals surface area contributed by atoms with E-state index in [1.807, 2.05) is 13.0 Å². The van der Waals surface area contributed by atoms with Crippen LogP contribution in [0.1, 0.15) is 30.3 Å². The van der Waals surface area contributed by atoms with E-state index in [-0.39, 0.29) is 0 Å². The summed E-state index contributed by atoms with van der Waals surface area (Å²) in [6.07, 6.45) is 6.11. The third kappa shape index (κ3) is 7.02. The van der Waals surface area contributed by atoms with E-state index >= 15 is 0 Å². The molecule has 3 aromatic rings. The van der Waals surface area contributed by atoms with Gasteiger partial charge in [0.25, 0.3) is 0 Å². The van der Waals surface area contributed by atoms with Gasteiger partial charge in [-0.2, -0.15) is 5.26 Å². The van der Waals surface area contributed by atoms with Gasteiger partial charge in [0.15, 0.2) is 5.89 Å². The maximum atomic E-state index is 9.55. The summed E-state index contributed by atoms with van der Waals surface area (Å²) < 4.78 is 7.96. The van der Waals surface area contributed by atoms with Gasteiger partial charge in [0.05, 0.1) is 36.4 Å². The van der Waals surface area contributed by atoms with Crippen molar-refractivity contribution in [3.8, 4) is 6.07 Å². The second-order valence-electron chi connectivity index (χ2n) is 8.04. The summed E-state index contributed by atoms with van der Waals surface area (Å²) in [5.41, 5.74) is 2.17.